The number of benzene rings is 2. The fourth-order valence-corrected chi connectivity index (χ4v) is 4.50. The third kappa shape index (κ3) is 4.72. The van der Waals surface area contributed by atoms with E-state index in [2.05, 4.69) is 29.2 Å². The minimum absolute atomic E-state index is 0.123. The third-order valence-corrected chi connectivity index (χ3v) is 6.30. The van der Waals surface area contributed by atoms with E-state index in [0.717, 1.165) is 73.2 Å². The van der Waals surface area contributed by atoms with Crippen LogP contribution >= 0.6 is 0 Å². The molecule has 5 nitrogen and oxygen atoms in total. The van der Waals surface area contributed by atoms with Gasteiger partial charge in [-0.2, -0.15) is 0 Å². The van der Waals surface area contributed by atoms with Gasteiger partial charge in [0.05, 0.1) is 18.0 Å². The molecule has 2 aliphatic rings. The molecule has 3 heterocycles. The van der Waals surface area contributed by atoms with E-state index in [-0.39, 0.29) is 18.1 Å². The van der Waals surface area contributed by atoms with E-state index in [1.165, 1.54) is 0 Å². The summed E-state index contributed by atoms with van der Waals surface area (Å²) in [5.41, 5.74) is 3.23. The predicted octanol–water partition coefficient (Wildman–Crippen LogP) is 4.84. The van der Waals surface area contributed by atoms with Gasteiger partial charge in [0.25, 0.3) is 0 Å². The second-order valence-corrected chi connectivity index (χ2v) is 8.48. The minimum atomic E-state index is 0.123. The van der Waals surface area contributed by atoms with Crippen molar-refractivity contribution in [3.05, 3.63) is 60.8 Å². The molecule has 1 amide bonds. The molecule has 1 aromatic heterocycles. The molecule has 2 saturated heterocycles. The van der Waals surface area contributed by atoms with Crippen molar-refractivity contribution in [3.8, 4) is 16.9 Å². The number of amides is 1. The quantitative estimate of drug-likeness (QED) is 0.597. The first kappa shape index (κ1) is 20.0. The number of hydrogen-bond acceptors (Lipinski definition) is 4. The Kier molecular flexibility index (Phi) is 5.85. The van der Waals surface area contributed by atoms with Crippen molar-refractivity contribution in [2.24, 2.45) is 0 Å². The van der Waals surface area contributed by atoms with Crippen molar-refractivity contribution in [2.45, 2.75) is 44.3 Å². The average molecular weight is 417 g/mol. The van der Waals surface area contributed by atoms with Crippen molar-refractivity contribution < 1.29 is 14.3 Å². The fraction of sp³-hybridized carbons (Fsp3) is 0.385. The molecule has 2 aromatic carbocycles. The summed E-state index contributed by atoms with van der Waals surface area (Å²) in [6, 6.07) is 18.5. The first-order valence-corrected chi connectivity index (χ1v) is 11.3. The molecule has 5 heteroatoms. The molecule has 160 valence electrons. The summed E-state index contributed by atoms with van der Waals surface area (Å²) >= 11 is 0. The molecule has 3 aromatic rings. The highest BCUT2D eigenvalue weighted by molar-refractivity contribution is 5.83. The van der Waals surface area contributed by atoms with Gasteiger partial charge in [-0.05, 0) is 42.7 Å². The number of aromatic nitrogens is 1. The van der Waals surface area contributed by atoms with Crippen LogP contribution in [-0.4, -0.2) is 47.7 Å². The summed E-state index contributed by atoms with van der Waals surface area (Å²) in [5.74, 6) is 1.10. The van der Waals surface area contributed by atoms with Gasteiger partial charge < -0.3 is 14.4 Å². The highest BCUT2D eigenvalue weighted by Crippen LogP contribution is 2.26. The Morgan fingerprint density at radius 3 is 2.61 bits per heavy atom. The molecule has 2 fully saturated rings. The molecule has 0 radical (unpaired) electrons. The number of likely N-dealkylation sites (tertiary alicyclic amines) is 1. The van der Waals surface area contributed by atoms with Gasteiger partial charge in [-0.15, -0.1) is 0 Å². The van der Waals surface area contributed by atoms with Crippen LogP contribution in [-0.2, 0) is 9.53 Å². The number of para-hydroxylation sites is 1. The molecule has 5 rings (SSSR count). The second-order valence-electron chi connectivity index (χ2n) is 8.48. The van der Waals surface area contributed by atoms with Crippen molar-refractivity contribution in [1.29, 1.82) is 0 Å². The van der Waals surface area contributed by atoms with E-state index in [1.807, 2.05) is 41.4 Å². The van der Waals surface area contributed by atoms with E-state index in [9.17, 15) is 4.79 Å². The smallest absolute Gasteiger partial charge is 0.225 e. The van der Waals surface area contributed by atoms with Gasteiger partial charge in [0.15, 0.2) is 0 Å². The van der Waals surface area contributed by atoms with Crippen LogP contribution in [0.2, 0.25) is 0 Å². The van der Waals surface area contributed by atoms with Gasteiger partial charge in [-0.1, -0.05) is 30.3 Å². The molecular formula is C26H28N2O3. The Balaban J connectivity index is 1.15. The number of piperidine rings is 1. The van der Waals surface area contributed by atoms with Crippen LogP contribution in [0.5, 0.6) is 5.75 Å². The monoisotopic (exact) mass is 416 g/mol. The molecule has 31 heavy (non-hydrogen) atoms. The number of ether oxygens (including phenoxy) is 2. The van der Waals surface area contributed by atoms with Crippen LogP contribution in [0.1, 0.15) is 32.1 Å². The Bertz CT molecular complexity index is 1040. The molecule has 0 spiro atoms. The molecule has 0 bridgehead atoms. The maximum atomic E-state index is 12.5. The zero-order valence-corrected chi connectivity index (χ0v) is 17.7. The molecule has 0 N–H and O–H groups in total. The standard InChI is InChI=1S/C26H28N2O3/c29-26(17-24-5-3-15-30-24)28-13-11-23(12-14-28)31-22-9-7-19(8-10-22)21-16-20-4-1-2-6-25(20)27-18-21/h1-2,4,6-10,16,18,23-24H,3,5,11-15,17H2/t24-/m0/s1. The van der Waals surface area contributed by atoms with Gasteiger partial charge in [-0.3, -0.25) is 9.78 Å². The number of fused-ring (bicyclic) bond motifs is 1. The number of nitrogens with zero attached hydrogens (tertiary/aromatic N) is 2. The van der Waals surface area contributed by atoms with E-state index < -0.39 is 0 Å². The summed E-state index contributed by atoms with van der Waals surface area (Å²) in [6.07, 6.45) is 6.54. The van der Waals surface area contributed by atoms with Gasteiger partial charge in [0.2, 0.25) is 5.91 Å². The van der Waals surface area contributed by atoms with Crippen LogP contribution in [0.15, 0.2) is 60.8 Å². The maximum Gasteiger partial charge on any atom is 0.225 e. The average Bonchev–Trinajstić information content (AvgIpc) is 3.33. The van der Waals surface area contributed by atoms with Gasteiger partial charge >= 0.3 is 0 Å². The highest BCUT2D eigenvalue weighted by Gasteiger charge is 2.27. The number of carbonyl (C=O) groups excluding carboxylic acids is 1. The minimum Gasteiger partial charge on any atom is -0.490 e. The Morgan fingerprint density at radius 2 is 1.84 bits per heavy atom. The normalized spacial score (nSPS) is 19.6. The topological polar surface area (TPSA) is 51.7 Å². The SMILES string of the molecule is O=C(C[C@@H]1CCCO1)N1CCC(Oc2ccc(-c3cnc4ccccc4c3)cc2)CC1. The summed E-state index contributed by atoms with van der Waals surface area (Å²) in [4.78, 5) is 19.0. The molecule has 1 atom stereocenters. The van der Waals surface area contributed by atoms with Gasteiger partial charge in [0, 0.05) is 49.7 Å². The molecule has 0 aliphatic carbocycles. The highest BCUT2D eigenvalue weighted by atomic mass is 16.5. The van der Waals surface area contributed by atoms with E-state index in [1.54, 1.807) is 0 Å². The molecular weight excluding hydrogens is 388 g/mol. The zero-order chi connectivity index (χ0) is 21.0. The van der Waals surface area contributed by atoms with E-state index >= 15 is 0 Å². The first-order chi connectivity index (χ1) is 15.2. The second kappa shape index (κ2) is 9.06. The number of carbonyl (C=O) groups is 1. The van der Waals surface area contributed by atoms with Crippen molar-refractivity contribution in [2.75, 3.05) is 19.7 Å². The first-order valence-electron chi connectivity index (χ1n) is 11.3. The number of pyridine rings is 1. The Labute approximate surface area is 183 Å². The Morgan fingerprint density at radius 1 is 1.03 bits per heavy atom. The number of hydrogen-bond donors (Lipinski definition) is 0. The van der Waals surface area contributed by atoms with Crippen LogP contribution in [0.3, 0.4) is 0 Å². The lowest BCUT2D eigenvalue weighted by atomic mass is 10.0. The van der Waals surface area contributed by atoms with Crippen molar-refractivity contribution in [1.82, 2.24) is 9.88 Å². The van der Waals surface area contributed by atoms with E-state index in [0.29, 0.717) is 6.42 Å². The van der Waals surface area contributed by atoms with Gasteiger partial charge in [-0.25, -0.2) is 0 Å². The summed E-state index contributed by atoms with van der Waals surface area (Å²) < 4.78 is 11.8. The largest absolute Gasteiger partial charge is 0.490 e. The lowest BCUT2D eigenvalue weighted by Gasteiger charge is -2.32. The van der Waals surface area contributed by atoms with Crippen molar-refractivity contribution in [3.63, 3.8) is 0 Å². The number of rotatable bonds is 5. The molecule has 2 aliphatic heterocycles. The summed E-state index contributed by atoms with van der Waals surface area (Å²) in [6.45, 7) is 2.32. The lowest BCUT2D eigenvalue weighted by molar-refractivity contribution is -0.135. The van der Waals surface area contributed by atoms with Crippen LogP contribution in [0.25, 0.3) is 22.0 Å². The Hall–Kier alpha value is -2.92. The summed E-state index contributed by atoms with van der Waals surface area (Å²) in [5, 5.41) is 1.14. The third-order valence-electron chi connectivity index (χ3n) is 6.30. The van der Waals surface area contributed by atoms with Crippen LogP contribution in [0.4, 0.5) is 0 Å². The predicted molar refractivity (Wildman–Crippen MR) is 121 cm³/mol. The van der Waals surface area contributed by atoms with Gasteiger partial charge in [0.1, 0.15) is 11.9 Å². The molecule has 0 unspecified atom stereocenters. The fourth-order valence-electron chi connectivity index (χ4n) is 4.50. The molecule has 0 saturated carbocycles. The maximum absolute atomic E-state index is 12.5. The van der Waals surface area contributed by atoms with Crippen LogP contribution in [0, 0.1) is 0 Å². The van der Waals surface area contributed by atoms with Crippen molar-refractivity contribution >= 4 is 16.8 Å². The van der Waals surface area contributed by atoms with Crippen LogP contribution < -0.4 is 4.74 Å². The van der Waals surface area contributed by atoms with E-state index in [4.69, 9.17) is 9.47 Å². The summed E-state index contributed by atoms with van der Waals surface area (Å²) in [7, 11) is 0. The lowest BCUT2D eigenvalue weighted by Crippen LogP contribution is -2.42. The zero-order valence-electron chi connectivity index (χ0n) is 17.7.